The summed E-state index contributed by atoms with van der Waals surface area (Å²) in [5.74, 6) is -1.06. The third kappa shape index (κ3) is 4.39. The van der Waals surface area contributed by atoms with Crippen molar-refractivity contribution in [2.75, 3.05) is 6.79 Å². The van der Waals surface area contributed by atoms with Gasteiger partial charge >= 0.3 is 11.9 Å². The van der Waals surface area contributed by atoms with Gasteiger partial charge in [0.15, 0.2) is 0 Å². The van der Waals surface area contributed by atoms with Crippen LogP contribution >= 0.6 is 11.6 Å². The standard InChI is InChI=1S/C21H14ClN3O5/c22-16-8-6-15-11-17(9-7-14(15)10-16)30-19-18(23-25-24-19)21(27)29-12-28-20(26)13-4-2-1-3-5-13/h1-11H,12H2,(H,23,24,25). The minimum Gasteiger partial charge on any atom is -0.436 e. The third-order valence-electron chi connectivity index (χ3n) is 4.10. The van der Waals surface area contributed by atoms with Gasteiger partial charge in [0.2, 0.25) is 12.5 Å². The highest BCUT2D eigenvalue weighted by molar-refractivity contribution is 6.31. The fraction of sp³-hybridized carbons (Fsp3) is 0.0476. The molecule has 9 heteroatoms. The van der Waals surface area contributed by atoms with Crippen LogP contribution in [0.2, 0.25) is 5.02 Å². The molecule has 1 N–H and O–H groups in total. The van der Waals surface area contributed by atoms with Crippen molar-refractivity contribution in [3.63, 3.8) is 0 Å². The molecular weight excluding hydrogens is 410 g/mol. The van der Waals surface area contributed by atoms with E-state index in [0.29, 0.717) is 16.3 Å². The van der Waals surface area contributed by atoms with Crippen LogP contribution < -0.4 is 4.74 Å². The number of aromatic nitrogens is 3. The van der Waals surface area contributed by atoms with E-state index in [9.17, 15) is 9.59 Å². The number of fused-ring (bicyclic) bond motifs is 1. The molecule has 8 nitrogen and oxygen atoms in total. The number of ether oxygens (including phenoxy) is 3. The summed E-state index contributed by atoms with van der Waals surface area (Å²) >= 11 is 5.99. The van der Waals surface area contributed by atoms with Crippen molar-refractivity contribution in [2.24, 2.45) is 0 Å². The van der Waals surface area contributed by atoms with Crippen LogP contribution in [0.15, 0.2) is 66.7 Å². The van der Waals surface area contributed by atoms with E-state index in [4.69, 9.17) is 25.8 Å². The lowest BCUT2D eigenvalue weighted by atomic mass is 10.1. The van der Waals surface area contributed by atoms with Crippen LogP contribution in [0.5, 0.6) is 11.6 Å². The molecule has 0 amide bonds. The number of hydrogen-bond donors (Lipinski definition) is 1. The van der Waals surface area contributed by atoms with Crippen molar-refractivity contribution in [3.05, 3.63) is 83.0 Å². The summed E-state index contributed by atoms with van der Waals surface area (Å²) in [6.07, 6.45) is 0. The van der Waals surface area contributed by atoms with Crippen molar-refractivity contribution in [1.29, 1.82) is 0 Å². The van der Waals surface area contributed by atoms with E-state index in [2.05, 4.69) is 15.4 Å². The van der Waals surface area contributed by atoms with Gasteiger partial charge in [0.05, 0.1) is 5.56 Å². The first-order valence-corrected chi connectivity index (χ1v) is 9.15. The van der Waals surface area contributed by atoms with Crippen molar-refractivity contribution in [1.82, 2.24) is 15.4 Å². The maximum absolute atomic E-state index is 12.3. The second kappa shape index (κ2) is 8.62. The summed E-state index contributed by atoms with van der Waals surface area (Å²) < 4.78 is 15.5. The third-order valence-corrected chi connectivity index (χ3v) is 4.33. The van der Waals surface area contributed by atoms with Crippen LogP contribution in [0, 0.1) is 0 Å². The van der Waals surface area contributed by atoms with E-state index in [0.717, 1.165) is 10.8 Å². The molecular formula is C21H14ClN3O5. The Morgan fingerprint density at radius 1 is 0.900 bits per heavy atom. The molecule has 0 atom stereocenters. The molecule has 3 aromatic carbocycles. The van der Waals surface area contributed by atoms with Crippen molar-refractivity contribution in [2.45, 2.75) is 0 Å². The monoisotopic (exact) mass is 423 g/mol. The van der Waals surface area contributed by atoms with Gasteiger partial charge in [-0.1, -0.05) is 52.2 Å². The number of benzene rings is 3. The number of H-pyrrole nitrogens is 1. The fourth-order valence-electron chi connectivity index (χ4n) is 2.66. The molecule has 0 spiro atoms. The highest BCUT2D eigenvalue weighted by atomic mass is 35.5. The van der Waals surface area contributed by atoms with Crippen LogP contribution in [-0.4, -0.2) is 34.1 Å². The topological polar surface area (TPSA) is 103 Å². The first-order chi connectivity index (χ1) is 14.6. The van der Waals surface area contributed by atoms with E-state index in [1.165, 1.54) is 0 Å². The van der Waals surface area contributed by atoms with E-state index in [1.54, 1.807) is 48.5 Å². The Bertz CT molecular complexity index is 1210. The molecule has 0 saturated heterocycles. The summed E-state index contributed by atoms with van der Waals surface area (Å²) in [6, 6.07) is 19.1. The quantitative estimate of drug-likeness (QED) is 0.362. The Morgan fingerprint density at radius 2 is 1.63 bits per heavy atom. The van der Waals surface area contributed by atoms with Gasteiger partial charge in [0.1, 0.15) is 5.75 Å². The summed E-state index contributed by atoms with van der Waals surface area (Å²) in [5, 5.41) is 12.2. The summed E-state index contributed by atoms with van der Waals surface area (Å²) in [7, 11) is 0. The molecule has 0 aliphatic carbocycles. The zero-order chi connectivity index (χ0) is 20.9. The van der Waals surface area contributed by atoms with Crippen LogP contribution in [0.25, 0.3) is 10.8 Å². The molecule has 150 valence electrons. The van der Waals surface area contributed by atoms with Gasteiger partial charge in [-0.15, -0.1) is 0 Å². The maximum atomic E-state index is 12.3. The van der Waals surface area contributed by atoms with E-state index < -0.39 is 18.7 Å². The fourth-order valence-corrected chi connectivity index (χ4v) is 2.84. The summed E-state index contributed by atoms with van der Waals surface area (Å²) in [5.41, 5.74) is 0.236. The molecule has 4 aromatic rings. The number of halogens is 1. The number of nitrogens with zero attached hydrogens (tertiary/aromatic N) is 2. The summed E-state index contributed by atoms with van der Waals surface area (Å²) in [4.78, 5) is 24.1. The molecule has 0 aliphatic heterocycles. The lowest BCUT2D eigenvalue weighted by molar-refractivity contribution is -0.0172. The Balaban J connectivity index is 1.39. The van der Waals surface area contributed by atoms with Crippen molar-refractivity contribution >= 4 is 34.3 Å². The van der Waals surface area contributed by atoms with Crippen molar-refractivity contribution < 1.29 is 23.8 Å². The number of nitrogens with one attached hydrogen (secondary N) is 1. The Labute approximate surface area is 175 Å². The molecule has 0 bridgehead atoms. The first-order valence-electron chi connectivity index (χ1n) is 8.78. The molecule has 30 heavy (non-hydrogen) atoms. The molecule has 1 heterocycles. The second-order valence-electron chi connectivity index (χ2n) is 6.09. The molecule has 1 aromatic heterocycles. The van der Waals surface area contributed by atoms with E-state index >= 15 is 0 Å². The van der Waals surface area contributed by atoms with Gasteiger partial charge in [-0.2, -0.15) is 0 Å². The van der Waals surface area contributed by atoms with Gasteiger partial charge in [0, 0.05) is 5.02 Å². The Kier molecular flexibility index (Phi) is 5.58. The number of hydrogen-bond acceptors (Lipinski definition) is 7. The van der Waals surface area contributed by atoms with Crippen LogP contribution in [0.3, 0.4) is 0 Å². The molecule has 0 aliphatic rings. The van der Waals surface area contributed by atoms with Crippen molar-refractivity contribution in [3.8, 4) is 11.6 Å². The number of rotatable bonds is 6. The predicted octanol–water partition coefficient (Wildman–Crippen LogP) is 4.37. The van der Waals surface area contributed by atoms with Crippen LogP contribution in [0.4, 0.5) is 0 Å². The van der Waals surface area contributed by atoms with E-state index in [1.807, 2.05) is 18.2 Å². The average molecular weight is 424 g/mol. The van der Waals surface area contributed by atoms with Gasteiger partial charge in [-0.05, 0) is 47.2 Å². The van der Waals surface area contributed by atoms with Gasteiger partial charge < -0.3 is 14.2 Å². The Morgan fingerprint density at radius 3 is 2.47 bits per heavy atom. The number of carbonyl (C=O) groups excluding carboxylic acids is 2. The first kappa shape index (κ1) is 19.4. The molecule has 4 rings (SSSR count). The Hall–Kier alpha value is -3.91. The number of esters is 2. The SMILES string of the molecule is O=C(OCOC(=O)c1[nH]nnc1Oc1ccc2cc(Cl)ccc2c1)c1ccccc1. The lowest BCUT2D eigenvalue weighted by Crippen LogP contribution is -2.14. The van der Waals surface area contributed by atoms with Crippen LogP contribution in [-0.2, 0) is 9.47 Å². The highest BCUT2D eigenvalue weighted by Gasteiger charge is 2.20. The highest BCUT2D eigenvalue weighted by Crippen LogP contribution is 2.27. The van der Waals surface area contributed by atoms with E-state index in [-0.39, 0.29) is 11.6 Å². The summed E-state index contributed by atoms with van der Waals surface area (Å²) in [6.45, 7) is -0.568. The molecule has 0 radical (unpaired) electrons. The van der Waals surface area contributed by atoms with Gasteiger partial charge in [-0.3, -0.25) is 0 Å². The maximum Gasteiger partial charge on any atom is 0.365 e. The lowest BCUT2D eigenvalue weighted by Gasteiger charge is -2.07. The number of aromatic amines is 1. The van der Waals surface area contributed by atoms with Gasteiger partial charge in [0.25, 0.3) is 5.88 Å². The number of carbonyl (C=O) groups is 2. The smallest absolute Gasteiger partial charge is 0.365 e. The van der Waals surface area contributed by atoms with Gasteiger partial charge in [-0.25, -0.2) is 14.7 Å². The minimum absolute atomic E-state index is 0.0669. The zero-order valence-corrected chi connectivity index (χ0v) is 16.1. The zero-order valence-electron chi connectivity index (χ0n) is 15.4. The molecule has 0 saturated carbocycles. The molecule has 0 fully saturated rings. The molecule has 0 unspecified atom stereocenters. The average Bonchev–Trinajstić information content (AvgIpc) is 3.22. The van der Waals surface area contributed by atoms with Crippen LogP contribution in [0.1, 0.15) is 20.8 Å². The normalized spacial score (nSPS) is 10.6. The predicted molar refractivity (Wildman–Crippen MR) is 108 cm³/mol. The second-order valence-corrected chi connectivity index (χ2v) is 6.53. The largest absolute Gasteiger partial charge is 0.436 e. The minimum atomic E-state index is -0.830.